The van der Waals surface area contributed by atoms with Gasteiger partial charge in [-0.2, -0.15) is 5.21 Å². The number of ether oxygens (including phenoxy) is 2. The average Bonchev–Trinajstić information content (AvgIpc) is 2.88. The maximum Gasteiger partial charge on any atom is 0.322 e. The summed E-state index contributed by atoms with van der Waals surface area (Å²) >= 11 is 0. The molecule has 0 bridgehead atoms. The van der Waals surface area contributed by atoms with Crippen molar-refractivity contribution >= 4 is 11.9 Å². The summed E-state index contributed by atoms with van der Waals surface area (Å²) in [5, 5.41) is 13.1. The van der Waals surface area contributed by atoms with Gasteiger partial charge in [0.1, 0.15) is 12.6 Å². The molecule has 0 saturated heterocycles. The molecule has 0 radical (unpaired) electrons. The number of esters is 2. The van der Waals surface area contributed by atoms with Gasteiger partial charge in [-0.3, -0.25) is 9.59 Å². The summed E-state index contributed by atoms with van der Waals surface area (Å²) in [6, 6.07) is -0.777. The number of hydrogen-bond donors (Lipinski definition) is 2. The molecule has 0 aliphatic carbocycles. The Hall–Kier alpha value is -2.03. The highest BCUT2D eigenvalue weighted by molar-refractivity contribution is 5.76. The predicted octanol–water partition coefficient (Wildman–Crippen LogP) is -1.43. The number of aromatic nitrogens is 4. The maximum absolute atomic E-state index is 11.4. The van der Waals surface area contributed by atoms with Gasteiger partial charge in [-0.05, 0) is 6.42 Å². The normalized spacial score (nSPS) is 11.9. The van der Waals surface area contributed by atoms with Gasteiger partial charge < -0.3 is 15.2 Å². The topological polar surface area (TPSA) is 133 Å². The van der Waals surface area contributed by atoms with Crippen LogP contribution < -0.4 is 5.73 Å². The number of hydrogen-bond acceptors (Lipinski definition) is 8. The van der Waals surface area contributed by atoms with E-state index in [9.17, 15) is 9.59 Å². The van der Waals surface area contributed by atoms with Crippen LogP contribution in [-0.2, 0) is 25.5 Å². The van der Waals surface area contributed by atoms with Crippen LogP contribution in [0.4, 0.5) is 0 Å². The predicted molar refractivity (Wildman–Crippen MR) is 58.1 cm³/mol. The van der Waals surface area contributed by atoms with Crippen molar-refractivity contribution in [2.45, 2.75) is 25.3 Å². The number of aryl methyl sites for hydroxylation is 1. The first-order valence-corrected chi connectivity index (χ1v) is 5.35. The van der Waals surface area contributed by atoms with Gasteiger partial charge in [0, 0.05) is 6.42 Å². The van der Waals surface area contributed by atoms with Gasteiger partial charge in [-0.15, -0.1) is 10.2 Å². The minimum Gasteiger partial charge on any atom is -0.469 e. The van der Waals surface area contributed by atoms with E-state index in [-0.39, 0.29) is 13.0 Å². The van der Waals surface area contributed by atoms with E-state index in [1.54, 1.807) is 0 Å². The second kappa shape index (κ2) is 7.33. The number of carbonyl (C=O) groups excluding carboxylic acids is 2. The smallest absolute Gasteiger partial charge is 0.322 e. The molecule has 0 unspecified atom stereocenters. The Morgan fingerprint density at radius 1 is 1.50 bits per heavy atom. The number of methoxy groups -OCH3 is 1. The lowest BCUT2D eigenvalue weighted by Gasteiger charge is -2.09. The molecule has 0 aliphatic heterocycles. The lowest BCUT2D eigenvalue weighted by Crippen LogP contribution is -2.33. The highest BCUT2D eigenvalue weighted by atomic mass is 16.5. The number of aromatic amines is 1. The Bertz CT molecular complexity index is 380. The largest absolute Gasteiger partial charge is 0.469 e. The van der Waals surface area contributed by atoms with Gasteiger partial charge >= 0.3 is 11.9 Å². The van der Waals surface area contributed by atoms with Gasteiger partial charge in [0.05, 0.1) is 13.5 Å². The fourth-order valence-electron chi connectivity index (χ4n) is 1.13. The molecule has 0 fully saturated rings. The van der Waals surface area contributed by atoms with Crippen LogP contribution >= 0.6 is 0 Å². The summed E-state index contributed by atoms with van der Waals surface area (Å²) in [6.07, 6.45) is 0.778. The number of rotatable bonds is 7. The van der Waals surface area contributed by atoms with E-state index in [0.717, 1.165) is 0 Å². The number of tetrazole rings is 1. The molecule has 1 aromatic heterocycles. The van der Waals surface area contributed by atoms with Crippen LogP contribution in [0.25, 0.3) is 0 Å². The first-order valence-electron chi connectivity index (χ1n) is 5.35. The number of carbonyl (C=O) groups is 2. The van der Waals surface area contributed by atoms with Crippen molar-refractivity contribution in [3.05, 3.63) is 5.82 Å². The Morgan fingerprint density at radius 3 is 2.89 bits per heavy atom. The van der Waals surface area contributed by atoms with Crippen molar-refractivity contribution in [2.75, 3.05) is 13.7 Å². The molecule has 9 heteroatoms. The Balaban J connectivity index is 2.18. The molecule has 0 amide bonds. The van der Waals surface area contributed by atoms with Crippen LogP contribution in [0.3, 0.4) is 0 Å². The zero-order chi connectivity index (χ0) is 13.4. The standard InChI is InChI=1S/C9H15N5O4/c1-17-8(15)4-5-18-9(16)6(10)2-3-7-11-13-14-12-7/h6H,2-5,10H2,1H3,(H,11,12,13,14)/t6-/m0/s1. The Morgan fingerprint density at radius 2 is 2.28 bits per heavy atom. The highest BCUT2D eigenvalue weighted by Gasteiger charge is 2.16. The lowest BCUT2D eigenvalue weighted by molar-refractivity contribution is -0.149. The number of nitrogens with two attached hydrogens (primary N) is 1. The molecular weight excluding hydrogens is 242 g/mol. The third kappa shape index (κ3) is 4.87. The third-order valence-electron chi connectivity index (χ3n) is 2.15. The van der Waals surface area contributed by atoms with Crippen molar-refractivity contribution < 1.29 is 19.1 Å². The quantitative estimate of drug-likeness (QED) is 0.568. The minimum absolute atomic E-state index is 0.0137. The van der Waals surface area contributed by atoms with E-state index in [4.69, 9.17) is 10.5 Å². The molecule has 0 spiro atoms. The molecule has 1 rings (SSSR count). The molecule has 1 aromatic rings. The number of H-pyrrole nitrogens is 1. The molecule has 1 heterocycles. The summed E-state index contributed by atoms with van der Waals surface area (Å²) in [6.45, 7) is -0.0403. The average molecular weight is 257 g/mol. The van der Waals surface area contributed by atoms with E-state index in [2.05, 4.69) is 25.4 Å². The van der Waals surface area contributed by atoms with E-state index >= 15 is 0 Å². The number of nitrogens with one attached hydrogen (secondary N) is 1. The van der Waals surface area contributed by atoms with Gasteiger partial charge in [-0.1, -0.05) is 5.21 Å². The van der Waals surface area contributed by atoms with Crippen LogP contribution in [0.5, 0.6) is 0 Å². The van der Waals surface area contributed by atoms with Crippen LogP contribution in [0.1, 0.15) is 18.7 Å². The molecule has 0 aliphatic rings. The van der Waals surface area contributed by atoms with Gasteiger partial charge in [0.2, 0.25) is 0 Å². The van der Waals surface area contributed by atoms with Crippen LogP contribution in [0.2, 0.25) is 0 Å². The SMILES string of the molecule is COC(=O)CCOC(=O)[C@@H](N)CCc1nn[nH]n1. The molecule has 0 saturated carbocycles. The van der Waals surface area contributed by atoms with Crippen LogP contribution in [0.15, 0.2) is 0 Å². The molecule has 0 aromatic carbocycles. The Kier molecular flexibility index (Phi) is 5.71. The summed E-state index contributed by atoms with van der Waals surface area (Å²) in [4.78, 5) is 22.2. The summed E-state index contributed by atoms with van der Waals surface area (Å²) in [7, 11) is 1.26. The second-order valence-electron chi connectivity index (χ2n) is 3.47. The summed E-state index contributed by atoms with van der Waals surface area (Å²) < 4.78 is 9.22. The van der Waals surface area contributed by atoms with Gasteiger partial charge in [0.25, 0.3) is 0 Å². The Labute approximate surface area is 103 Å². The molecule has 100 valence electrons. The maximum atomic E-state index is 11.4. The molecule has 9 nitrogen and oxygen atoms in total. The van der Waals surface area contributed by atoms with Gasteiger partial charge in [-0.25, -0.2) is 0 Å². The zero-order valence-electron chi connectivity index (χ0n) is 9.96. The van der Waals surface area contributed by atoms with E-state index in [1.165, 1.54) is 7.11 Å². The summed E-state index contributed by atoms with van der Waals surface area (Å²) in [5.41, 5.74) is 5.61. The second-order valence-corrected chi connectivity index (χ2v) is 3.47. The fraction of sp³-hybridized carbons (Fsp3) is 0.667. The fourth-order valence-corrected chi connectivity index (χ4v) is 1.13. The van der Waals surface area contributed by atoms with E-state index in [1.807, 2.05) is 0 Å². The van der Waals surface area contributed by atoms with Crippen LogP contribution in [-0.4, -0.2) is 52.3 Å². The van der Waals surface area contributed by atoms with Crippen molar-refractivity contribution in [1.82, 2.24) is 20.6 Å². The number of nitrogens with zero attached hydrogens (tertiary/aromatic N) is 3. The van der Waals surface area contributed by atoms with Crippen molar-refractivity contribution in [1.29, 1.82) is 0 Å². The summed E-state index contributed by atoms with van der Waals surface area (Å²) in [5.74, 6) is -0.529. The zero-order valence-corrected chi connectivity index (χ0v) is 9.96. The van der Waals surface area contributed by atoms with Gasteiger partial charge in [0.15, 0.2) is 5.82 Å². The van der Waals surface area contributed by atoms with Crippen molar-refractivity contribution in [3.8, 4) is 0 Å². The van der Waals surface area contributed by atoms with Crippen molar-refractivity contribution in [3.63, 3.8) is 0 Å². The highest BCUT2D eigenvalue weighted by Crippen LogP contribution is 1.99. The first kappa shape index (κ1) is 14.0. The molecule has 18 heavy (non-hydrogen) atoms. The minimum atomic E-state index is -0.777. The van der Waals surface area contributed by atoms with E-state index in [0.29, 0.717) is 18.7 Å². The first-order chi connectivity index (χ1) is 8.63. The lowest BCUT2D eigenvalue weighted by atomic mass is 10.1. The molecule has 1 atom stereocenters. The van der Waals surface area contributed by atoms with Crippen molar-refractivity contribution in [2.24, 2.45) is 5.73 Å². The van der Waals surface area contributed by atoms with E-state index < -0.39 is 18.0 Å². The monoisotopic (exact) mass is 257 g/mol. The third-order valence-corrected chi connectivity index (χ3v) is 2.15. The molecule has 3 N–H and O–H groups in total. The van der Waals surface area contributed by atoms with Crippen LogP contribution in [0, 0.1) is 0 Å². The molecular formula is C9H15N5O4.